The fourth-order valence-corrected chi connectivity index (χ4v) is 3.69. The molecule has 2 aromatic heterocycles. The van der Waals surface area contributed by atoms with E-state index in [2.05, 4.69) is 20.3 Å². The van der Waals surface area contributed by atoms with Crippen molar-refractivity contribution in [3.8, 4) is 0 Å². The number of aryl methyl sites for hydroxylation is 1. The van der Waals surface area contributed by atoms with E-state index in [9.17, 15) is 21.8 Å². The Morgan fingerprint density at radius 2 is 1.79 bits per heavy atom. The Hall–Kier alpha value is -2.95. The van der Waals surface area contributed by atoms with Crippen molar-refractivity contribution in [2.45, 2.75) is 24.4 Å². The van der Waals surface area contributed by atoms with Gasteiger partial charge in [-0.3, -0.25) is 0 Å². The van der Waals surface area contributed by atoms with Crippen LogP contribution in [0.4, 0.5) is 23.4 Å². The fraction of sp³-hybridized carbons (Fsp3) is 0.222. The molecule has 0 aliphatic rings. The minimum absolute atomic E-state index is 0.0241. The van der Waals surface area contributed by atoms with Crippen LogP contribution in [0.15, 0.2) is 41.6 Å². The van der Waals surface area contributed by atoms with E-state index >= 15 is 0 Å². The van der Waals surface area contributed by atoms with E-state index in [1.54, 1.807) is 6.92 Å². The summed E-state index contributed by atoms with van der Waals surface area (Å²) in [5, 5.41) is 2.78. The highest BCUT2D eigenvalue weighted by Gasteiger charge is 2.24. The zero-order valence-corrected chi connectivity index (χ0v) is 16.2. The maximum atomic E-state index is 14.1. The van der Waals surface area contributed by atoms with Crippen molar-refractivity contribution in [1.82, 2.24) is 15.0 Å². The summed E-state index contributed by atoms with van der Waals surface area (Å²) in [6, 6.07) is 4.97. The monoisotopic (exact) mass is 427 g/mol. The second-order valence-corrected chi connectivity index (χ2v) is 8.50. The van der Waals surface area contributed by atoms with E-state index < -0.39 is 33.8 Å². The van der Waals surface area contributed by atoms with Gasteiger partial charge in [0, 0.05) is 23.6 Å². The number of alkyl halides is 2. The molecule has 11 heteroatoms. The third-order valence-corrected chi connectivity index (χ3v) is 5.25. The lowest BCUT2D eigenvalue weighted by Gasteiger charge is -2.18. The molecule has 154 valence electrons. The summed E-state index contributed by atoms with van der Waals surface area (Å²) < 4.78 is 72.9. The van der Waals surface area contributed by atoms with Crippen molar-refractivity contribution in [2.75, 3.05) is 11.6 Å². The normalized spacial score (nSPS) is 14.6. The number of H-pyrrole nitrogens is 1. The molecule has 0 saturated carbocycles. The minimum Gasteiger partial charge on any atom is -0.354 e. The first-order valence-electron chi connectivity index (χ1n) is 8.32. The number of nitrogens with one attached hydrogen (secondary N) is 3. The van der Waals surface area contributed by atoms with Crippen molar-refractivity contribution in [3.63, 3.8) is 0 Å². The standard InChI is InChI=1S/C18H17F4N5OS/c1-9-18(29(2,23)28)27-17(25-9)14(10-3-5-11(6-4-10)15(21)22)26-16-13(20)7-12(19)8-24-16/h3-8,14-15,23H,1-2H3,(H,24,26)(H,25,27). The van der Waals surface area contributed by atoms with Gasteiger partial charge in [0.05, 0.1) is 15.9 Å². The molecule has 3 aromatic rings. The summed E-state index contributed by atoms with van der Waals surface area (Å²) in [7, 11) is -3.14. The minimum atomic E-state index is -3.14. The molecule has 0 saturated heterocycles. The van der Waals surface area contributed by atoms with Crippen LogP contribution in [-0.2, 0) is 9.73 Å². The number of hydrogen-bond acceptors (Lipinski definition) is 5. The van der Waals surface area contributed by atoms with Crippen molar-refractivity contribution in [3.05, 3.63) is 70.8 Å². The lowest BCUT2D eigenvalue weighted by atomic mass is 10.0. The smallest absolute Gasteiger partial charge is 0.263 e. The molecule has 2 heterocycles. The quantitative estimate of drug-likeness (QED) is 0.503. The summed E-state index contributed by atoms with van der Waals surface area (Å²) in [6.07, 6.45) is -0.623. The maximum absolute atomic E-state index is 14.1. The van der Waals surface area contributed by atoms with Crippen molar-refractivity contribution < 1.29 is 21.8 Å². The van der Waals surface area contributed by atoms with Crippen molar-refractivity contribution in [2.24, 2.45) is 0 Å². The third-order valence-electron chi connectivity index (χ3n) is 4.11. The SMILES string of the molecule is Cc1[nH]c(C(Nc2ncc(F)cc2F)c2ccc(C(F)F)cc2)nc1S(C)(=N)=O. The lowest BCUT2D eigenvalue weighted by Crippen LogP contribution is -2.16. The summed E-state index contributed by atoms with van der Waals surface area (Å²) in [5.41, 5.74) is 0.608. The van der Waals surface area contributed by atoms with Crippen LogP contribution in [0.3, 0.4) is 0 Å². The molecule has 29 heavy (non-hydrogen) atoms. The Labute approximate surface area is 164 Å². The van der Waals surface area contributed by atoms with Gasteiger partial charge in [0.2, 0.25) is 0 Å². The molecule has 0 aliphatic heterocycles. The van der Waals surface area contributed by atoms with Gasteiger partial charge in [-0.25, -0.2) is 36.5 Å². The highest BCUT2D eigenvalue weighted by Crippen LogP contribution is 2.29. The number of benzene rings is 1. The van der Waals surface area contributed by atoms with Gasteiger partial charge < -0.3 is 10.3 Å². The van der Waals surface area contributed by atoms with Crippen LogP contribution in [0.2, 0.25) is 0 Å². The van der Waals surface area contributed by atoms with Gasteiger partial charge >= 0.3 is 0 Å². The predicted molar refractivity (Wildman–Crippen MR) is 99.4 cm³/mol. The van der Waals surface area contributed by atoms with Crippen LogP contribution in [0.5, 0.6) is 0 Å². The molecule has 6 nitrogen and oxygen atoms in total. The molecule has 3 N–H and O–H groups in total. The number of pyridine rings is 1. The predicted octanol–water partition coefficient (Wildman–Crippen LogP) is 4.57. The first-order chi connectivity index (χ1) is 13.6. The molecular weight excluding hydrogens is 410 g/mol. The van der Waals surface area contributed by atoms with Gasteiger partial charge in [-0.15, -0.1) is 0 Å². The molecule has 2 atom stereocenters. The van der Waals surface area contributed by atoms with Gasteiger partial charge in [-0.1, -0.05) is 24.3 Å². The van der Waals surface area contributed by atoms with E-state index in [1.165, 1.54) is 30.5 Å². The van der Waals surface area contributed by atoms with Gasteiger partial charge in [0.15, 0.2) is 16.7 Å². The number of rotatable bonds is 6. The summed E-state index contributed by atoms with van der Waals surface area (Å²) in [6.45, 7) is 1.58. The molecule has 2 unspecified atom stereocenters. The second kappa shape index (κ2) is 7.82. The van der Waals surface area contributed by atoms with Gasteiger partial charge in [0.25, 0.3) is 6.43 Å². The first-order valence-corrected chi connectivity index (χ1v) is 10.3. The topological polar surface area (TPSA) is 94.5 Å². The molecule has 0 spiro atoms. The van der Waals surface area contributed by atoms with Crippen LogP contribution in [-0.4, -0.2) is 25.4 Å². The Kier molecular flexibility index (Phi) is 5.60. The number of aromatic nitrogens is 3. The van der Waals surface area contributed by atoms with E-state index in [0.717, 1.165) is 6.20 Å². The molecule has 0 bridgehead atoms. The van der Waals surface area contributed by atoms with Crippen LogP contribution >= 0.6 is 0 Å². The fourth-order valence-electron chi connectivity index (χ4n) is 2.78. The van der Waals surface area contributed by atoms with E-state index in [1.807, 2.05) is 0 Å². The summed E-state index contributed by atoms with van der Waals surface area (Å²) >= 11 is 0. The van der Waals surface area contributed by atoms with E-state index in [-0.39, 0.29) is 22.2 Å². The second-order valence-electron chi connectivity index (χ2n) is 6.42. The van der Waals surface area contributed by atoms with Crippen LogP contribution in [0.1, 0.15) is 35.1 Å². The van der Waals surface area contributed by atoms with Gasteiger partial charge in [-0.05, 0) is 12.5 Å². The number of anilines is 1. The number of aromatic amines is 1. The lowest BCUT2D eigenvalue weighted by molar-refractivity contribution is 0.151. The number of hydrogen-bond donors (Lipinski definition) is 3. The van der Waals surface area contributed by atoms with Gasteiger partial charge in [-0.2, -0.15) is 0 Å². The molecule has 0 fully saturated rings. The Morgan fingerprint density at radius 3 is 2.31 bits per heavy atom. The van der Waals surface area contributed by atoms with Crippen LogP contribution in [0.25, 0.3) is 0 Å². The highest BCUT2D eigenvalue weighted by atomic mass is 32.2. The number of imidazole rings is 1. The van der Waals surface area contributed by atoms with E-state index in [0.29, 0.717) is 17.3 Å². The van der Waals surface area contributed by atoms with E-state index in [4.69, 9.17) is 4.78 Å². The maximum Gasteiger partial charge on any atom is 0.263 e. The van der Waals surface area contributed by atoms with Gasteiger partial charge in [0.1, 0.15) is 17.7 Å². The highest BCUT2D eigenvalue weighted by molar-refractivity contribution is 7.91. The molecule has 0 amide bonds. The molecule has 0 aliphatic carbocycles. The van der Waals surface area contributed by atoms with Crippen LogP contribution < -0.4 is 5.32 Å². The zero-order chi connectivity index (χ0) is 21.3. The number of nitrogens with zero attached hydrogens (tertiary/aromatic N) is 2. The zero-order valence-electron chi connectivity index (χ0n) is 15.3. The number of halogens is 4. The molecular formula is C18H17F4N5OS. The first kappa shape index (κ1) is 20.8. The molecule has 3 rings (SSSR count). The average molecular weight is 427 g/mol. The average Bonchev–Trinajstić information content (AvgIpc) is 3.03. The Morgan fingerprint density at radius 1 is 1.17 bits per heavy atom. The summed E-state index contributed by atoms with van der Waals surface area (Å²) in [5.74, 6) is -1.92. The Bertz CT molecular complexity index is 1130. The Balaban J connectivity index is 2.08. The van der Waals surface area contributed by atoms with Crippen molar-refractivity contribution in [1.29, 1.82) is 4.78 Å². The van der Waals surface area contributed by atoms with Crippen LogP contribution in [0, 0.1) is 23.3 Å². The molecule has 1 aromatic carbocycles. The van der Waals surface area contributed by atoms with Crippen molar-refractivity contribution >= 4 is 15.5 Å². The summed E-state index contributed by atoms with van der Waals surface area (Å²) in [4.78, 5) is 10.8. The molecule has 0 radical (unpaired) electrons. The largest absolute Gasteiger partial charge is 0.354 e. The third kappa shape index (κ3) is 4.56.